The van der Waals surface area contributed by atoms with E-state index >= 15 is 0 Å². The van der Waals surface area contributed by atoms with E-state index in [1.165, 1.54) is 16.7 Å². The number of rotatable bonds is 7. The average Bonchev–Trinajstić information content (AvgIpc) is 2.75. The summed E-state index contributed by atoms with van der Waals surface area (Å²) < 4.78 is 15.4. The second-order valence-corrected chi connectivity index (χ2v) is 9.52. The lowest BCUT2D eigenvalue weighted by molar-refractivity contribution is -0.173. The molecular formula is C22H26N2O7S. The van der Waals surface area contributed by atoms with Gasteiger partial charge in [-0.2, -0.15) is 0 Å². The molecule has 0 aliphatic carbocycles. The number of amides is 2. The first-order valence-electron chi connectivity index (χ1n) is 10.1. The Kier molecular flexibility index (Phi) is 7.12. The molecule has 3 rings (SSSR count). The molecule has 0 saturated carbocycles. The molecule has 0 radical (unpaired) electrons. The predicted octanol–water partition coefficient (Wildman–Crippen LogP) is 1.83. The third kappa shape index (κ3) is 5.24. The van der Waals surface area contributed by atoms with E-state index in [0.717, 1.165) is 0 Å². The number of ether oxygens (including phenoxy) is 3. The van der Waals surface area contributed by atoms with Gasteiger partial charge in [0.1, 0.15) is 22.9 Å². The Balaban J connectivity index is 1.54. The molecular weight excluding hydrogens is 436 g/mol. The lowest BCUT2D eigenvalue weighted by Crippen LogP contribution is -2.70. The fraction of sp³-hybridized carbons (Fsp3) is 0.455. The number of fused-ring (bicyclic) bond motifs is 1. The van der Waals surface area contributed by atoms with Gasteiger partial charge in [0.2, 0.25) is 6.79 Å². The largest absolute Gasteiger partial charge is 0.484 e. The standard InChI is InChI=1S/C22H26N2O7S/c1-13-11-32-19-16(23-15(25)10-29-14-8-6-5-7-9-14)18(26)24(19)17(13)20(27)30-12-31-21(28)22(2,3)4/h5-9,16,19H,10-12H2,1-4H3,(H,23,25)/t16?,19-/m0/s1. The number of nitrogens with one attached hydrogen (secondary N) is 1. The molecule has 2 atom stereocenters. The van der Waals surface area contributed by atoms with E-state index in [-0.39, 0.29) is 12.3 Å². The Hall–Kier alpha value is -3.01. The number of thioether (sulfide) groups is 1. The van der Waals surface area contributed by atoms with Crippen LogP contribution in [0.5, 0.6) is 5.75 Å². The summed E-state index contributed by atoms with van der Waals surface area (Å²) in [6, 6.07) is 8.11. The maximum absolute atomic E-state index is 12.7. The molecule has 2 aliphatic rings. The van der Waals surface area contributed by atoms with Crippen molar-refractivity contribution in [2.24, 2.45) is 5.41 Å². The summed E-state index contributed by atoms with van der Waals surface area (Å²) in [7, 11) is 0. The lowest BCUT2D eigenvalue weighted by Gasteiger charge is -2.49. The van der Waals surface area contributed by atoms with Crippen LogP contribution in [-0.4, -0.2) is 59.2 Å². The fourth-order valence-corrected chi connectivity index (χ4v) is 4.36. The zero-order valence-electron chi connectivity index (χ0n) is 18.4. The zero-order chi connectivity index (χ0) is 23.5. The molecule has 1 aromatic rings. The Morgan fingerprint density at radius 2 is 1.84 bits per heavy atom. The summed E-state index contributed by atoms with van der Waals surface area (Å²) in [5.41, 5.74) is 0.0672. The number of benzene rings is 1. The van der Waals surface area contributed by atoms with Crippen LogP contribution < -0.4 is 10.1 Å². The Morgan fingerprint density at radius 1 is 1.16 bits per heavy atom. The molecule has 0 bridgehead atoms. The third-order valence-corrected chi connectivity index (χ3v) is 6.20. The molecule has 1 aromatic carbocycles. The van der Waals surface area contributed by atoms with Gasteiger partial charge in [-0.15, -0.1) is 11.8 Å². The molecule has 1 saturated heterocycles. The van der Waals surface area contributed by atoms with Gasteiger partial charge in [0.25, 0.3) is 11.8 Å². The second kappa shape index (κ2) is 9.64. The van der Waals surface area contributed by atoms with Crippen LogP contribution in [0.15, 0.2) is 41.6 Å². The van der Waals surface area contributed by atoms with Crippen molar-refractivity contribution in [3.05, 3.63) is 41.6 Å². The number of β-lactam (4-membered cyclic amide) rings is 1. The average molecular weight is 463 g/mol. The fourth-order valence-electron chi connectivity index (χ4n) is 3.06. The van der Waals surface area contributed by atoms with Crippen molar-refractivity contribution in [3.63, 3.8) is 0 Å². The van der Waals surface area contributed by atoms with Crippen LogP contribution in [-0.2, 0) is 28.7 Å². The minimum Gasteiger partial charge on any atom is -0.484 e. The van der Waals surface area contributed by atoms with Crippen molar-refractivity contribution in [3.8, 4) is 5.75 Å². The predicted molar refractivity (Wildman–Crippen MR) is 116 cm³/mol. The normalized spacial score (nSPS) is 20.1. The maximum Gasteiger partial charge on any atom is 0.357 e. The molecule has 9 nitrogen and oxygen atoms in total. The second-order valence-electron chi connectivity index (χ2n) is 8.42. The molecule has 1 unspecified atom stereocenters. The number of esters is 2. The highest BCUT2D eigenvalue weighted by Gasteiger charge is 2.54. The number of para-hydroxylation sites is 1. The minimum atomic E-state index is -0.763. The van der Waals surface area contributed by atoms with Gasteiger partial charge in [-0.3, -0.25) is 19.3 Å². The smallest absolute Gasteiger partial charge is 0.357 e. The highest BCUT2D eigenvalue weighted by Crippen LogP contribution is 2.40. The molecule has 0 spiro atoms. The van der Waals surface area contributed by atoms with Gasteiger partial charge in [0, 0.05) is 5.75 Å². The number of carbonyl (C=O) groups excluding carboxylic acids is 4. The minimum absolute atomic E-state index is 0.122. The summed E-state index contributed by atoms with van der Waals surface area (Å²) >= 11 is 1.44. The van der Waals surface area contributed by atoms with Crippen molar-refractivity contribution in [2.45, 2.75) is 39.1 Å². The van der Waals surface area contributed by atoms with Gasteiger partial charge in [-0.25, -0.2) is 4.79 Å². The van der Waals surface area contributed by atoms with E-state index in [9.17, 15) is 19.2 Å². The van der Waals surface area contributed by atoms with E-state index in [4.69, 9.17) is 14.2 Å². The van der Waals surface area contributed by atoms with Crippen molar-refractivity contribution >= 4 is 35.5 Å². The molecule has 172 valence electrons. The molecule has 2 heterocycles. The first-order chi connectivity index (χ1) is 15.1. The van der Waals surface area contributed by atoms with Crippen molar-refractivity contribution in [1.82, 2.24) is 10.2 Å². The van der Waals surface area contributed by atoms with E-state index in [0.29, 0.717) is 17.1 Å². The summed E-state index contributed by atoms with van der Waals surface area (Å²) in [4.78, 5) is 50.7. The van der Waals surface area contributed by atoms with E-state index in [1.807, 2.05) is 6.07 Å². The first-order valence-corrected chi connectivity index (χ1v) is 11.1. The van der Waals surface area contributed by atoms with Gasteiger partial charge in [-0.1, -0.05) is 18.2 Å². The molecule has 2 aliphatic heterocycles. The van der Waals surface area contributed by atoms with Gasteiger partial charge < -0.3 is 19.5 Å². The Morgan fingerprint density at radius 3 is 2.50 bits per heavy atom. The van der Waals surface area contributed by atoms with Gasteiger partial charge in [0.05, 0.1) is 5.41 Å². The van der Waals surface area contributed by atoms with E-state index in [2.05, 4.69) is 5.32 Å². The lowest BCUT2D eigenvalue weighted by atomic mass is 9.98. The number of hydrogen-bond acceptors (Lipinski definition) is 8. The van der Waals surface area contributed by atoms with Crippen molar-refractivity contribution in [1.29, 1.82) is 0 Å². The molecule has 10 heteroatoms. The summed E-state index contributed by atoms with van der Waals surface area (Å²) in [5, 5.41) is 2.24. The van der Waals surface area contributed by atoms with Crippen LogP contribution in [0.4, 0.5) is 0 Å². The molecule has 1 N–H and O–H groups in total. The van der Waals surface area contributed by atoms with Gasteiger partial charge >= 0.3 is 11.9 Å². The monoisotopic (exact) mass is 462 g/mol. The molecule has 32 heavy (non-hydrogen) atoms. The van der Waals surface area contributed by atoms with Crippen LogP contribution in [0.25, 0.3) is 0 Å². The molecule has 2 amide bonds. The van der Waals surface area contributed by atoms with Crippen LogP contribution in [0.2, 0.25) is 0 Å². The van der Waals surface area contributed by atoms with Crippen molar-refractivity contribution in [2.75, 3.05) is 19.2 Å². The summed E-state index contributed by atoms with van der Waals surface area (Å²) in [5.74, 6) is -1.06. The summed E-state index contributed by atoms with van der Waals surface area (Å²) in [6.45, 7) is 6.02. The Labute approximate surface area is 190 Å². The summed E-state index contributed by atoms with van der Waals surface area (Å²) in [6.07, 6.45) is 0. The molecule has 1 fully saturated rings. The first kappa shape index (κ1) is 23.6. The SMILES string of the molecule is CC1=C(C(=O)OCOC(=O)C(C)(C)C)N2C(=O)C(NC(=O)COc3ccccc3)[C@@H]2SC1. The number of nitrogens with zero attached hydrogens (tertiary/aromatic N) is 1. The van der Waals surface area contributed by atoms with Crippen LogP contribution in [0.1, 0.15) is 27.7 Å². The highest BCUT2D eigenvalue weighted by atomic mass is 32.2. The molecule has 0 aromatic heterocycles. The van der Waals surface area contributed by atoms with Gasteiger partial charge in [-0.05, 0) is 45.4 Å². The third-order valence-electron chi connectivity index (χ3n) is 4.77. The maximum atomic E-state index is 12.7. The van der Waals surface area contributed by atoms with Crippen LogP contribution in [0, 0.1) is 5.41 Å². The Bertz CT molecular complexity index is 939. The quantitative estimate of drug-likeness (QED) is 0.371. The number of carbonyl (C=O) groups is 4. The highest BCUT2D eigenvalue weighted by molar-refractivity contribution is 8.00. The van der Waals surface area contributed by atoms with Crippen LogP contribution >= 0.6 is 11.8 Å². The number of hydrogen-bond donors (Lipinski definition) is 1. The van der Waals surface area contributed by atoms with E-state index in [1.54, 1.807) is 52.0 Å². The van der Waals surface area contributed by atoms with Crippen molar-refractivity contribution < 1.29 is 33.4 Å². The van der Waals surface area contributed by atoms with Gasteiger partial charge in [0.15, 0.2) is 6.61 Å². The van der Waals surface area contributed by atoms with Crippen LogP contribution in [0.3, 0.4) is 0 Å². The zero-order valence-corrected chi connectivity index (χ0v) is 19.2. The van der Waals surface area contributed by atoms with E-state index < -0.39 is 47.4 Å². The topological polar surface area (TPSA) is 111 Å².